The molecule has 2 aromatic carbocycles. The van der Waals surface area contributed by atoms with Gasteiger partial charge in [0, 0.05) is 18.7 Å². The molecule has 0 radical (unpaired) electrons. The molecule has 3 aromatic rings. The van der Waals surface area contributed by atoms with Crippen molar-refractivity contribution in [1.29, 1.82) is 0 Å². The van der Waals surface area contributed by atoms with Gasteiger partial charge in [0.15, 0.2) is 5.82 Å². The SMILES string of the molecule is Nc1c(Cl)cc(C[C@@H](OC(=O)N2CCC(n3nc(-c4ccccc4)[nH]c3=O)CC2)C(=O)N2CCC(C3CCI(CC(=O)OCCN4CCCC4=O)CC3)CC2)cc1C(F)(F)F. The van der Waals surface area contributed by atoms with Crippen LogP contribution < -0.4 is 11.4 Å². The molecule has 3 N–H and O–H groups in total. The smallest absolute Gasteiger partial charge is 0.166 e. The molecule has 4 aliphatic heterocycles. The topological polar surface area (TPSA) is 173 Å². The molecule has 19 heteroatoms. The standard InChI is InChI=1S/C42H52ClF3IN7O7/c43-33-24-27(23-32(37(33)48)42(44,45)46)25-34(61-41(59)53-19-12-31(13-20-53)54-40(58)49-38(50-54)30-5-2-1-3-6-30)39(57)52-17-10-29(11-18-52)28-8-14-47(15-9-28)26-36(56)60-22-21-51-16-4-7-35(51)55/h1-3,5-6,23-24,28-29,31,34H,4,7-22,25-26,48H2,(H,49,50,58)/t34-/m1/s1. The second-order valence-electron chi connectivity index (χ2n) is 16.2. The second-order valence-corrected chi connectivity index (χ2v) is 22.8. The Labute approximate surface area is 364 Å². The van der Waals surface area contributed by atoms with Crippen molar-refractivity contribution in [3.63, 3.8) is 0 Å². The Bertz CT molecular complexity index is 2100. The number of rotatable bonds is 12. The Morgan fingerprint density at radius 3 is 2.26 bits per heavy atom. The minimum absolute atomic E-state index is 0.0467. The maximum absolute atomic E-state index is 14.2. The molecular weight excluding hydrogens is 934 g/mol. The molecule has 4 aliphatic rings. The van der Waals surface area contributed by atoms with Crippen LogP contribution in [0, 0.1) is 11.8 Å². The van der Waals surface area contributed by atoms with Crippen molar-refractivity contribution < 1.29 is 41.8 Å². The van der Waals surface area contributed by atoms with E-state index in [-0.39, 0.29) is 60.3 Å². The predicted molar refractivity (Wildman–Crippen MR) is 230 cm³/mol. The number of halogens is 5. The van der Waals surface area contributed by atoms with Crippen LogP contribution in [-0.4, -0.2) is 119 Å². The normalized spacial score (nSPS) is 19.6. The van der Waals surface area contributed by atoms with E-state index in [1.165, 1.54) is 15.6 Å². The Morgan fingerprint density at radius 1 is 0.934 bits per heavy atom. The number of ether oxygens (including phenoxy) is 2. The average Bonchev–Trinajstić information content (AvgIpc) is 3.86. The number of amides is 3. The molecule has 7 rings (SSSR count). The molecule has 3 amide bonds. The van der Waals surface area contributed by atoms with E-state index < -0.39 is 55.4 Å². The molecule has 1 aromatic heterocycles. The molecular formula is C42H52ClF3IN7O7. The summed E-state index contributed by atoms with van der Waals surface area (Å²) in [5.41, 5.74) is 4.36. The van der Waals surface area contributed by atoms with Crippen LogP contribution in [0.25, 0.3) is 11.4 Å². The first-order chi connectivity index (χ1) is 29.2. The fourth-order valence-electron chi connectivity index (χ4n) is 8.85. The van der Waals surface area contributed by atoms with Crippen molar-refractivity contribution in [3.8, 4) is 11.4 Å². The monoisotopic (exact) mass is 985 g/mol. The maximum atomic E-state index is 14.2. The summed E-state index contributed by atoms with van der Waals surface area (Å²) in [7, 11) is 0. The number of piperidine rings is 2. The number of aromatic amines is 1. The molecule has 5 heterocycles. The molecule has 0 unspecified atom stereocenters. The van der Waals surface area contributed by atoms with Gasteiger partial charge in [-0.05, 0) is 12.8 Å². The van der Waals surface area contributed by atoms with Gasteiger partial charge in [0.25, 0.3) is 0 Å². The fraction of sp³-hybridized carbons (Fsp3) is 0.571. The van der Waals surface area contributed by atoms with Crippen LogP contribution in [0.4, 0.5) is 23.7 Å². The molecule has 0 spiro atoms. The molecule has 1 atom stereocenters. The van der Waals surface area contributed by atoms with E-state index in [4.69, 9.17) is 26.8 Å². The number of nitrogen functional groups attached to an aromatic ring is 1. The van der Waals surface area contributed by atoms with Gasteiger partial charge in [-0.3, -0.25) is 4.98 Å². The van der Waals surface area contributed by atoms with Gasteiger partial charge in [-0.25, -0.2) is 9.48 Å². The molecule has 4 fully saturated rings. The van der Waals surface area contributed by atoms with E-state index in [0.717, 1.165) is 59.1 Å². The summed E-state index contributed by atoms with van der Waals surface area (Å²) in [5.74, 6) is 0.737. The third-order valence-corrected chi connectivity index (χ3v) is 18.6. The Balaban J connectivity index is 0.939. The van der Waals surface area contributed by atoms with Gasteiger partial charge in [0.1, 0.15) is 0 Å². The van der Waals surface area contributed by atoms with Crippen molar-refractivity contribution in [1.82, 2.24) is 29.5 Å². The first kappa shape index (κ1) is 44.7. The zero-order chi connectivity index (χ0) is 43.3. The van der Waals surface area contributed by atoms with Crippen LogP contribution in [0.2, 0.25) is 5.02 Å². The predicted octanol–water partition coefficient (Wildman–Crippen LogP) is 6.20. The van der Waals surface area contributed by atoms with Gasteiger partial charge < -0.3 is 5.73 Å². The molecule has 0 bridgehead atoms. The number of esters is 1. The van der Waals surface area contributed by atoms with E-state index in [2.05, 4.69) is 10.1 Å². The van der Waals surface area contributed by atoms with Crippen molar-refractivity contribution >= 4 is 61.0 Å². The molecule has 4 saturated heterocycles. The third-order valence-electron chi connectivity index (χ3n) is 12.3. The number of anilines is 1. The van der Waals surface area contributed by atoms with Crippen LogP contribution in [0.1, 0.15) is 68.5 Å². The number of carbonyl (C=O) groups excluding carboxylic acids is 4. The number of aromatic nitrogens is 3. The van der Waals surface area contributed by atoms with Crippen molar-refractivity contribution in [2.75, 3.05) is 64.9 Å². The number of nitrogens with two attached hydrogens (primary N) is 1. The van der Waals surface area contributed by atoms with E-state index in [1.807, 2.05) is 30.3 Å². The average molecular weight is 986 g/mol. The summed E-state index contributed by atoms with van der Waals surface area (Å²) >= 11 is 4.65. The van der Waals surface area contributed by atoms with E-state index in [0.29, 0.717) is 61.0 Å². The van der Waals surface area contributed by atoms with E-state index >= 15 is 0 Å². The number of nitrogens with zero attached hydrogens (tertiary/aromatic N) is 5. The van der Waals surface area contributed by atoms with Gasteiger partial charge in [-0.2, -0.15) is 13.2 Å². The summed E-state index contributed by atoms with van der Waals surface area (Å²) in [4.78, 5) is 72.6. The molecule has 332 valence electrons. The first-order valence-electron chi connectivity index (χ1n) is 20.9. The third kappa shape index (κ3) is 11.2. The van der Waals surface area contributed by atoms with Gasteiger partial charge in [0.05, 0.1) is 22.3 Å². The molecule has 61 heavy (non-hydrogen) atoms. The Kier molecular flexibility index (Phi) is 14.5. The zero-order valence-electron chi connectivity index (χ0n) is 33.8. The molecule has 14 nitrogen and oxygen atoms in total. The van der Waals surface area contributed by atoms with Crippen molar-refractivity contribution in [2.45, 2.75) is 76.1 Å². The molecule has 0 saturated carbocycles. The number of alkyl halides is 6. The second kappa shape index (κ2) is 19.8. The van der Waals surface area contributed by atoms with Gasteiger partial charge in [0.2, 0.25) is 0 Å². The summed E-state index contributed by atoms with van der Waals surface area (Å²) in [6.45, 7) is 2.64. The minimum Gasteiger partial charge on any atom is -0.166 e. The quantitative estimate of drug-likeness (QED) is 0.0928. The molecule has 0 aliphatic carbocycles. The minimum atomic E-state index is -4.80. The summed E-state index contributed by atoms with van der Waals surface area (Å²) in [6.07, 6.45) is -1.64. The van der Waals surface area contributed by atoms with E-state index in [1.54, 1.807) is 9.80 Å². The van der Waals surface area contributed by atoms with E-state index in [9.17, 15) is 37.1 Å². The summed E-state index contributed by atoms with van der Waals surface area (Å²) in [5, 5.41) is 4.17. The summed E-state index contributed by atoms with van der Waals surface area (Å²) in [6, 6.07) is 11.0. The first-order valence-corrected chi connectivity index (χ1v) is 25.8. The van der Waals surface area contributed by atoms with Crippen LogP contribution in [0.5, 0.6) is 0 Å². The zero-order valence-corrected chi connectivity index (χ0v) is 36.8. The van der Waals surface area contributed by atoms with Crippen LogP contribution in [-0.2, 0) is 36.5 Å². The number of benzene rings is 2. The number of H-pyrrole nitrogens is 1. The number of likely N-dealkylation sites (tertiary alicyclic amines) is 3. The van der Waals surface area contributed by atoms with Gasteiger partial charge in [-0.1, -0.05) is 41.9 Å². The van der Waals surface area contributed by atoms with Crippen molar-refractivity contribution in [2.24, 2.45) is 11.8 Å². The van der Waals surface area contributed by atoms with Crippen LogP contribution in [0.15, 0.2) is 47.3 Å². The Hall–Kier alpha value is -4.33. The summed E-state index contributed by atoms with van der Waals surface area (Å²) < 4.78 is 57.1. The number of carbonyl (C=O) groups is 4. The Morgan fingerprint density at radius 2 is 1.61 bits per heavy atom. The van der Waals surface area contributed by atoms with Gasteiger partial charge in [-0.15, -0.1) is 5.10 Å². The van der Waals surface area contributed by atoms with Crippen molar-refractivity contribution in [3.05, 3.63) is 69.1 Å². The number of nitrogens with one attached hydrogen (secondary N) is 1. The van der Waals surface area contributed by atoms with Crippen LogP contribution in [0.3, 0.4) is 0 Å². The van der Waals surface area contributed by atoms with Crippen LogP contribution >= 0.6 is 31.4 Å². The number of hydrogen-bond donors (Lipinski definition) is 2. The number of hydrogen-bond acceptors (Lipinski definition) is 9. The fourth-order valence-corrected chi connectivity index (χ4v) is 14.9. The van der Waals surface area contributed by atoms with Gasteiger partial charge >= 0.3 is 226 Å².